The Bertz CT molecular complexity index is 346. The molecule has 0 spiro atoms. The fraction of sp³-hybridized carbons (Fsp3) is 0.375. The number of urea groups is 1. The number of carbonyl (C=O) groups excluding carboxylic acids is 2. The normalized spacial score (nSPS) is 20.7. The van der Waals surface area contributed by atoms with Crippen LogP contribution in [0.5, 0.6) is 0 Å². The molecule has 1 fully saturated rings. The van der Waals surface area contributed by atoms with E-state index in [9.17, 15) is 9.59 Å². The van der Waals surface area contributed by atoms with Crippen LogP contribution in [0.25, 0.3) is 0 Å². The molecular weight excluding hydrogens is 184 g/mol. The summed E-state index contributed by atoms with van der Waals surface area (Å²) in [6.45, 7) is 0.616. The molecule has 1 aromatic rings. The van der Waals surface area contributed by atoms with Crippen LogP contribution in [0.2, 0.25) is 0 Å². The summed E-state index contributed by atoms with van der Waals surface area (Å²) in [5.74, 6) is -0.262. The second-order valence-electron chi connectivity index (χ2n) is 3.07. The summed E-state index contributed by atoms with van der Waals surface area (Å²) in [7, 11) is 0. The summed E-state index contributed by atoms with van der Waals surface area (Å²) in [6, 6.07) is 0.972. The van der Waals surface area contributed by atoms with Crippen LogP contribution in [0, 0.1) is 0 Å². The first-order valence-electron chi connectivity index (χ1n) is 4.34. The molecule has 0 saturated carbocycles. The van der Waals surface area contributed by atoms with Crippen LogP contribution in [-0.2, 0) is 11.3 Å². The molecule has 6 heteroatoms. The van der Waals surface area contributed by atoms with Gasteiger partial charge < -0.3 is 5.32 Å². The highest BCUT2D eigenvalue weighted by Crippen LogP contribution is 2.00. The van der Waals surface area contributed by atoms with Gasteiger partial charge in [0.2, 0.25) is 0 Å². The average molecular weight is 194 g/mol. The predicted molar refractivity (Wildman–Crippen MR) is 47.3 cm³/mol. The molecule has 0 bridgehead atoms. The molecule has 0 unspecified atom stereocenters. The Morgan fingerprint density at radius 3 is 2.93 bits per heavy atom. The fourth-order valence-corrected chi connectivity index (χ4v) is 1.36. The van der Waals surface area contributed by atoms with E-state index in [0.29, 0.717) is 13.0 Å². The van der Waals surface area contributed by atoms with Crippen LogP contribution in [0.15, 0.2) is 18.5 Å². The summed E-state index contributed by atoms with van der Waals surface area (Å²) in [5, 5.41) is 8.70. The van der Waals surface area contributed by atoms with Crippen molar-refractivity contribution in [3.05, 3.63) is 18.5 Å². The van der Waals surface area contributed by atoms with Crippen molar-refractivity contribution in [3.8, 4) is 0 Å². The number of hydrogen-bond acceptors (Lipinski definition) is 3. The van der Waals surface area contributed by atoms with Gasteiger partial charge in [-0.25, -0.2) is 4.79 Å². The first kappa shape index (κ1) is 8.74. The minimum Gasteiger partial charge on any atom is -0.326 e. The molecule has 0 aliphatic carbocycles. The molecule has 1 aliphatic rings. The van der Waals surface area contributed by atoms with E-state index in [-0.39, 0.29) is 5.91 Å². The Morgan fingerprint density at radius 2 is 2.36 bits per heavy atom. The van der Waals surface area contributed by atoms with E-state index >= 15 is 0 Å². The van der Waals surface area contributed by atoms with Crippen molar-refractivity contribution in [1.82, 2.24) is 20.4 Å². The van der Waals surface area contributed by atoms with E-state index in [2.05, 4.69) is 15.7 Å². The van der Waals surface area contributed by atoms with E-state index in [4.69, 9.17) is 0 Å². The Balaban J connectivity index is 1.87. The van der Waals surface area contributed by atoms with Gasteiger partial charge in [-0.1, -0.05) is 0 Å². The highest BCUT2D eigenvalue weighted by Gasteiger charge is 2.28. The topological polar surface area (TPSA) is 76.0 Å². The summed E-state index contributed by atoms with van der Waals surface area (Å²) in [4.78, 5) is 21.9. The summed E-state index contributed by atoms with van der Waals surface area (Å²) in [6.07, 6.45) is 4.04. The quantitative estimate of drug-likeness (QED) is 0.636. The number of carbonyl (C=O) groups is 2. The van der Waals surface area contributed by atoms with Gasteiger partial charge in [-0.2, -0.15) is 5.10 Å². The molecule has 14 heavy (non-hydrogen) atoms. The maximum Gasteiger partial charge on any atom is 0.322 e. The van der Waals surface area contributed by atoms with Crippen LogP contribution in [0.3, 0.4) is 0 Å². The number of aryl methyl sites for hydroxylation is 1. The van der Waals surface area contributed by atoms with Crippen molar-refractivity contribution < 1.29 is 9.59 Å². The van der Waals surface area contributed by atoms with Crippen molar-refractivity contribution >= 4 is 11.9 Å². The third-order valence-corrected chi connectivity index (χ3v) is 2.06. The lowest BCUT2D eigenvalue weighted by Gasteiger charge is -2.06. The highest BCUT2D eigenvalue weighted by atomic mass is 16.2. The minimum atomic E-state index is -0.424. The molecule has 2 rings (SSSR count). The number of amides is 3. The number of imide groups is 1. The zero-order valence-corrected chi connectivity index (χ0v) is 7.43. The van der Waals surface area contributed by atoms with Gasteiger partial charge in [-0.3, -0.25) is 14.8 Å². The SMILES string of the molecule is O=C1NC(=O)[C@H](CCn2cccn2)N1. The van der Waals surface area contributed by atoms with Crippen molar-refractivity contribution in [1.29, 1.82) is 0 Å². The smallest absolute Gasteiger partial charge is 0.322 e. The molecular formula is C8H10N4O2. The number of nitrogens with one attached hydrogen (secondary N) is 2. The zero-order chi connectivity index (χ0) is 9.97. The highest BCUT2D eigenvalue weighted by molar-refractivity contribution is 6.04. The zero-order valence-electron chi connectivity index (χ0n) is 7.43. The second kappa shape index (κ2) is 3.49. The van der Waals surface area contributed by atoms with Gasteiger partial charge in [0.05, 0.1) is 0 Å². The molecule has 0 radical (unpaired) electrons. The summed E-state index contributed by atoms with van der Waals surface area (Å²) >= 11 is 0. The van der Waals surface area contributed by atoms with Crippen molar-refractivity contribution in [2.24, 2.45) is 0 Å². The van der Waals surface area contributed by atoms with E-state index in [1.165, 1.54) is 0 Å². The Morgan fingerprint density at radius 1 is 1.50 bits per heavy atom. The number of rotatable bonds is 3. The van der Waals surface area contributed by atoms with Crippen molar-refractivity contribution in [2.75, 3.05) is 0 Å². The third kappa shape index (κ3) is 1.73. The molecule has 6 nitrogen and oxygen atoms in total. The molecule has 74 valence electrons. The van der Waals surface area contributed by atoms with E-state index in [1.807, 2.05) is 12.3 Å². The Kier molecular flexibility index (Phi) is 2.18. The van der Waals surface area contributed by atoms with Gasteiger partial charge in [0, 0.05) is 18.9 Å². The summed E-state index contributed by atoms with van der Waals surface area (Å²) < 4.78 is 1.72. The van der Waals surface area contributed by atoms with Crippen LogP contribution >= 0.6 is 0 Å². The number of hydrogen-bond donors (Lipinski definition) is 2. The van der Waals surface area contributed by atoms with Crippen molar-refractivity contribution in [2.45, 2.75) is 19.0 Å². The first-order chi connectivity index (χ1) is 6.75. The van der Waals surface area contributed by atoms with Crippen LogP contribution in [0.4, 0.5) is 4.79 Å². The number of nitrogens with zero attached hydrogens (tertiary/aromatic N) is 2. The molecule has 1 saturated heterocycles. The van der Waals surface area contributed by atoms with Gasteiger partial charge in [-0.15, -0.1) is 0 Å². The monoisotopic (exact) mass is 194 g/mol. The molecule has 2 heterocycles. The van der Waals surface area contributed by atoms with Gasteiger partial charge in [0.1, 0.15) is 6.04 Å². The van der Waals surface area contributed by atoms with E-state index < -0.39 is 12.1 Å². The van der Waals surface area contributed by atoms with Gasteiger partial charge in [-0.05, 0) is 12.5 Å². The Labute approximate surface area is 80.3 Å². The second-order valence-corrected chi connectivity index (χ2v) is 3.07. The lowest BCUT2D eigenvalue weighted by atomic mass is 10.2. The molecule has 3 amide bonds. The third-order valence-electron chi connectivity index (χ3n) is 2.06. The molecule has 0 aromatic carbocycles. The predicted octanol–water partition coefficient (Wildman–Crippen LogP) is -0.519. The maximum absolute atomic E-state index is 11.1. The van der Waals surface area contributed by atoms with Gasteiger partial charge >= 0.3 is 6.03 Å². The standard InChI is InChI=1S/C8H10N4O2/c13-7-6(10-8(14)11-7)2-5-12-4-1-3-9-12/h1,3-4,6H,2,5H2,(H2,10,11,13,14)/t6-/m0/s1. The maximum atomic E-state index is 11.1. The van der Waals surface area contributed by atoms with Gasteiger partial charge in [0.15, 0.2) is 0 Å². The average Bonchev–Trinajstić information content (AvgIpc) is 2.72. The fourth-order valence-electron chi connectivity index (χ4n) is 1.36. The lowest BCUT2D eigenvalue weighted by Crippen LogP contribution is -2.30. The van der Waals surface area contributed by atoms with Gasteiger partial charge in [0.25, 0.3) is 5.91 Å². The molecule has 1 aromatic heterocycles. The van der Waals surface area contributed by atoms with Crippen LogP contribution in [0.1, 0.15) is 6.42 Å². The molecule has 1 atom stereocenters. The number of aromatic nitrogens is 2. The first-order valence-corrected chi connectivity index (χ1v) is 4.34. The summed E-state index contributed by atoms with van der Waals surface area (Å²) in [5.41, 5.74) is 0. The largest absolute Gasteiger partial charge is 0.326 e. The van der Waals surface area contributed by atoms with E-state index in [1.54, 1.807) is 10.9 Å². The van der Waals surface area contributed by atoms with Crippen LogP contribution in [-0.4, -0.2) is 27.8 Å². The minimum absolute atomic E-state index is 0.262. The molecule has 2 N–H and O–H groups in total. The van der Waals surface area contributed by atoms with Crippen molar-refractivity contribution in [3.63, 3.8) is 0 Å². The van der Waals surface area contributed by atoms with E-state index in [0.717, 1.165) is 0 Å². The molecule has 1 aliphatic heterocycles. The Hall–Kier alpha value is -1.85. The lowest BCUT2D eigenvalue weighted by molar-refractivity contribution is -0.120. The van der Waals surface area contributed by atoms with Crippen LogP contribution < -0.4 is 10.6 Å².